The molecule has 0 unspecified atom stereocenters. The van der Waals surface area contributed by atoms with Crippen molar-refractivity contribution >= 4 is 11.6 Å². The Bertz CT molecular complexity index is 360. The fourth-order valence-corrected chi connectivity index (χ4v) is 1.57. The summed E-state index contributed by atoms with van der Waals surface area (Å²) >= 11 is 0. The SMILES string of the molecule is Cc1ccc2c(c1)C[C@@H](N)C(=O)N2. The number of hydrogen-bond donors (Lipinski definition) is 2. The van der Waals surface area contributed by atoms with Gasteiger partial charge in [-0.2, -0.15) is 0 Å². The minimum Gasteiger partial charge on any atom is -0.324 e. The number of carbonyl (C=O) groups excluding carboxylic acids is 1. The molecule has 1 heterocycles. The number of nitrogens with one attached hydrogen (secondary N) is 1. The number of carbonyl (C=O) groups is 1. The number of fused-ring (bicyclic) bond motifs is 1. The molecule has 0 radical (unpaired) electrons. The van der Waals surface area contributed by atoms with Gasteiger partial charge in [0.05, 0.1) is 6.04 Å². The van der Waals surface area contributed by atoms with E-state index in [2.05, 4.69) is 11.4 Å². The molecule has 13 heavy (non-hydrogen) atoms. The summed E-state index contributed by atoms with van der Waals surface area (Å²) in [5, 5.41) is 2.77. The van der Waals surface area contributed by atoms with Gasteiger partial charge in [-0.05, 0) is 25.0 Å². The van der Waals surface area contributed by atoms with Crippen molar-refractivity contribution in [3.8, 4) is 0 Å². The van der Waals surface area contributed by atoms with Gasteiger partial charge in [-0.15, -0.1) is 0 Å². The van der Waals surface area contributed by atoms with E-state index in [1.807, 2.05) is 19.1 Å². The van der Waals surface area contributed by atoms with Gasteiger partial charge >= 0.3 is 0 Å². The van der Waals surface area contributed by atoms with Crippen LogP contribution < -0.4 is 11.1 Å². The van der Waals surface area contributed by atoms with Gasteiger partial charge in [0.1, 0.15) is 0 Å². The molecule has 0 fully saturated rings. The summed E-state index contributed by atoms with van der Waals surface area (Å²) in [6.45, 7) is 2.03. The number of benzene rings is 1. The predicted molar refractivity (Wildman–Crippen MR) is 51.5 cm³/mol. The standard InChI is InChI=1S/C10H12N2O/c1-6-2-3-9-7(4-6)5-8(11)10(13)12-9/h2-4,8H,5,11H2,1H3,(H,12,13)/t8-/m1/s1. The second kappa shape index (κ2) is 2.85. The van der Waals surface area contributed by atoms with Crippen LogP contribution in [0.1, 0.15) is 11.1 Å². The summed E-state index contributed by atoms with van der Waals surface area (Å²) in [6.07, 6.45) is 0.642. The smallest absolute Gasteiger partial charge is 0.241 e. The third kappa shape index (κ3) is 1.42. The van der Waals surface area contributed by atoms with E-state index < -0.39 is 6.04 Å². The normalized spacial score (nSPS) is 20.8. The Kier molecular flexibility index (Phi) is 1.81. The van der Waals surface area contributed by atoms with Crippen LogP contribution >= 0.6 is 0 Å². The summed E-state index contributed by atoms with van der Waals surface area (Å²) in [7, 11) is 0. The third-order valence-electron chi connectivity index (χ3n) is 2.30. The van der Waals surface area contributed by atoms with Crippen LogP contribution in [0.2, 0.25) is 0 Å². The maximum atomic E-state index is 11.2. The lowest BCUT2D eigenvalue weighted by atomic mass is 9.98. The summed E-state index contributed by atoms with van der Waals surface area (Å²) in [6, 6.07) is 5.58. The van der Waals surface area contributed by atoms with Crippen LogP contribution in [-0.2, 0) is 11.2 Å². The fraction of sp³-hybridized carbons (Fsp3) is 0.300. The predicted octanol–water partition coefficient (Wildman–Crippen LogP) is 0.817. The molecule has 2 rings (SSSR count). The van der Waals surface area contributed by atoms with Crippen LogP contribution in [0.15, 0.2) is 18.2 Å². The molecule has 0 spiro atoms. The minimum atomic E-state index is -0.394. The van der Waals surface area contributed by atoms with Gasteiger partial charge in [0, 0.05) is 5.69 Å². The molecule has 1 aromatic rings. The van der Waals surface area contributed by atoms with Crippen molar-refractivity contribution < 1.29 is 4.79 Å². The zero-order valence-corrected chi connectivity index (χ0v) is 7.50. The van der Waals surface area contributed by atoms with Crippen molar-refractivity contribution in [2.75, 3.05) is 5.32 Å². The first kappa shape index (κ1) is 8.26. The quantitative estimate of drug-likeness (QED) is 0.614. The first-order valence-electron chi connectivity index (χ1n) is 4.33. The maximum Gasteiger partial charge on any atom is 0.241 e. The third-order valence-corrected chi connectivity index (χ3v) is 2.30. The number of hydrogen-bond acceptors (Lipinski definition) is 2. The van der Waals surface area contributed by atoms with Crippen LogP contribution in [0.5, 0.6) is 0 Å². The topological polar surface area (TPSA) is 55.1 Å². The molecule has 0 aliphatic carbocycles. The number of anilines is 1. The molecule has 3 nitrogen and oxygen atoms in total. The van der Waals surface area contributed by atoms with Gasteiger partial charge in [-0.25, -0.2) is 0 Å². The monoisotopic (exact) mass is 176 g/mol. The highest BCUT2D eigenvalue weighted by Gasteiger charge is 2.21. The molecule has 3 N–H and O–H groups in total. The highest BCUT2D eigenvalue weighted by molar-refractivity contribution is 5.97. The van der Waals surface area contributed by atoms with Crippen LogP contribution in [0, 0.1) is 6.92 Å². The molecular formula is C10H12N2O. The van der Waals surface area contributed by atoms with E-state index in [0.717, 1.165) is 11.3 Å². The number of amides is 1. The molecule has 1 aromatic carbocycles. The van der Waals surface area contributed by atoms with Gasteiger partial charge in [0.25, 0.3) is 0 Å². The molecule has 0 saturated carbocycles. The Morgan fingerprint density at radius 1 is 1.54 bits per heavy atom. The van der Waals surface area contributed by atoms with Crippen molar-refractivity contribution in [2.24, 2.45) is 5.73 Å². The summed E-state index contributed by atoms with van der Waals surface area (Å²) in [4.78, 5) is 11.2. The largest absolute Gasteiger partial charge is 0.324 e. The lowest BCUT2D eigenvalue weighted by Gasteiger charge is -2.21. The number of nitrogens with two attached hydrogens (primary N) is 1. The van der Waals surface area contributed by atoms with Crippen LogP contribution in [0.3, 0.4) is 0 Å². The van der Waals surface area contributed by atoms with E-state index in [-0.39, 0.29) is 5.91 Å². The molecule has 3 heteroatoms. The minimum absolute atomic E-state index is 0.0867. The second-order valence-corrected chi connectivity index (χ2v) is 3.46. The molecule has 1 aliphatic rings. The second-order valence-electron chi connectivity index (χ2n) is 3.46. The molecule has 0 saturated heterocycles. The molecule has 68 valence electrons. The maximum absolute atomic E-state index is 11.2. The van der Waals surface area contributed by atoms with Crippen molar-refractivity contribution in [2.45, 2.75) is 19.4 Å². The highest BCUT2D eigenvalue weighted by Crippen LogP contribution is 2.22. The van der Waals surface area contributed by atoms with E-state index in [1.54, 1.807) is 0 Å². The van der Waals surface area contributed by atoms with Gasteiger partial charge < -0.3 is 11.1 Å². The zero-order chi connectivity index (χ0) is 9.42. The lowest BCUT2D eigenvalue weighted by molar-refractivity contribution is -0.117. The molecule has 1 amide bonds. The Morgan fingerprint density at radius 3 is 3.08 bits per heavy atom. The lowest BCUT2D eigenvalue weighted by Crippen LogP contribution is -2.41. The van der Waals surface area contributed by atoms with Crippen LogP contribution in [-0.4, -0.2) is 11.9 Å². The zero-order valence-electron chi connectivity index (χ0n) is 7.50. The summed E-state index contributed by atoms with van der Waals surface area (Å²) < 4.78 is 0. The average Bonchev–Trinajstić information content (AvgIpc) is 2.08. The number of aryl methyl sites for hydroxylation is 1. The van der Waals surface area contributed by atoms with Crippen LogP contribution in [0.25, 0.3) is 0 Å². The van der Waals surface area contributed by atoms with Crippen molar-refractivity contribution in [3.05, 3.63) is 29.3 Å². The average molecular weight is 176 g/mol. The highest BCUT2D eigenvalue weighted by atomic mass is 16.2. The fourth-order valence-electron chi connectivity index (χ4n) is 1.57. The molecule has 1 atom stereocenters. The van der Waals surface area contributed by atoms with Crippen LogP contribution in [0.4, 0.5) is 5.69 Å². The van der Waals surface area contributed by atoms with E-state index in [4.69, 9.17) is 5.73 Å². The Morgan fingerprint density at radius 2 is 2.31 bits per heavy atom. The van der Waals surface area contributed by atoms with E-state index in [9.17, 15) is 4.79 Å². The summed E-state index contributed by atoms with van der Waals surface area (Å²) in [5.41, 5.74) is 8.86. The van der Waals surface area contributed by atoms with Crippen molar-refractivity contribution in [3.63, 3.8) is 0 Å². The molecular weight excluding hydrogens is 164 g/mol. The van der Waals surface area contributed by atoms with Gasteiger partial charge in [0.15, 0.2) is 0 Å². The molecule has 1 aliphatic heterocycles. The van der Waals surface area contributed by atoms with E-state index in [1.165, 1.54) is 5.56 Å². The van der Waals surface area contributed by atoms with E-state index in [0.29, 0.717) is 6.42 Å². The van der Waals surface area contributed by atoms with E-state index >= 15 is 0 Å². The first-order chi connectivity index (χ1) is 6.16. The van der Waals surface area contributed by atoms with Gasteiger partial charge in [0.2, 0.25) is 5.91 Å². The molecule has 0 aromatic heterocycles. The van der Waals surface area contributed by atoms with Gasteiger partial charge in [-0.3, -0.25) is 4.79 Å². The Labute approximate surface area is 76.9 Å². The van der Waals surface area contributed by atoms with Crippen molar-refractivity contribution in [1.82, 2.24) is 0 Å². The number of rotatable bonds is 0. The molecule has 0 bridgehead atoms. The van der Waals surface area contributed by atoms with Gasteiger partial charge in [-0.1, -0.05) is 17.7 Å². The first-order valence-corrected chi connectivity index (χ1v) is 4.33. The Balaban J connectivity index is 2.42. The Hall–Kier alpha value is -1.35. The van der Waals surface area contributed by atoms with Crippen molar-refractivity contribution in [1.29, 1.82) is 0 Å². The summed E-state index contributed by atoms with van der Waals surface area (Å²) in [5.74, 6) is -0.0867.